The zero-order valence-corrected chi connectivity index (χ0v) is 12.7. The number of nitrogens with zero attached hydrogens (tertiary/aromatic N) is 1. The van der Waals surface area contributed by atoms with Gasteiger partial charge in [0, 0.05) is 5.04 Å². The normalized spacial score (nSPS) is 15.1. The van der Waals surface area contributed by atoms with E-state index in [0.717, 1.165) is 24.6 Å². The van der Waals surface area contributed by atoms with Crippen molar-refractivity contribution in [2.75, 3.05) is 0 Å². The number of hydrogen-bond donors (Lipinski definition) is 2. The van der Waals surface area contributed by atoms with E-state index in [1.807, 2.05) is 0 Å². The van der Waals surface area contributed by atoms with Crippen molar-refractivity contribution in [3.63, 3.8) is 0 Å². The van der Waals surface area contributed by atoms with E-state index < -0.39 is 15.2 Å². The maximum atomic E-state index is 9.64. The van der Waals surface area contributed by atoms with Crippen molar-refractivity contribution in [3.8, 4) is 6.07 Å². The molecule has 0 aliphatic carbocycles. The van der Waals surface area contributed by atoms with Gasteiger partial charge in [-0.2, -0.15) is 5.26 Å². The van der Waals surface area contributed by atoms with Gasteiger partial charge in [0.2, 0.25) is 0 Å². The van der Waals surface area contributed by atoms with Crippen molar-refractivity contribution in [2.24, 2.45) is 0 Å². The number of rotatable bonds is 8. The molecule has 0 aromatic rings. The predicted octanol–water partition coefficient (Wildman–Crippen LogP) is 3.03. The van der Waals surface area contributed by atoms with Crippen LogP contribution in [-0.2, 0) is 0 Å². The van der Waals surface area contributed by atoms with Crippen LogP contribution in [0.1, 0.15) is 40.5 Å². The number of nitriles is 1. The highest BCUT2D eigenvalue weighted by molar-refractivity contribution is 6.83. The summed E-state index contributed by atoms with van der Waals surface area (Å²) in [6.45, 7) is 8.64. The predicted molar refractivity (Wildman–Crippen MR) is 75.4 cm³/mol. The van der Waals surface area contributed by atoms with Crippen LogP contribution < -0.4 is 0 Å². The lowest BCUT2D eigenvalue weighted by Crippen LogP contribution is -2.46. The summed E-state index contributed by atoms with van der Waals surface area (Å²) < 4.78 is 0. The molecule has 5 heteroatoms. The van der Waals surface area contributed by atoms with Crippen LogP contribution in [0.4, 0.5) is 0 Å². The standard InChI is InChI=1S/C12H26BNO2Si/c1-5-12(11-14,9-10-13(15)16)17(6-2,7-3)8-4/h15-16H,5-10H2,1-4H3. The average molecular weight is 255 g/mol. The molecular formula is C12H26BNO2Si. The topological polar surface area (TPSA) is 64.2 Å². The highest BCUT2D eigenvalue weighted by atomic mass is 28.3. The molecule has 0 aromatic carbocycles. The first-order valence-electron chi connectivity index (χ1n) is 6.74. The molecule has 0 fully saturated rings. The zero-order chi connectivity index (χ0) is 13.5. The molecule has 0 aliphatic heterocycles. The summed E-state index contributed by atoms with van der Waals surface area (Å²) >= 11 is 0. The molecule has 3 nitrogen and oxygen atoms in total. The molecule has 0 aromatic heterocycles. The largest absolute Gasteiger partial charge is 0.451 e. The fraction of sp³-hybridized carbons (Fsp3) is 0.917. The highest BCUT2D eigenvalue weighted by Gasteiger charge is 2.48. The van der Waals surface area contributed by atoms with Crippen LogP contribution in [0.3, 0.4) is 0 Å². The van der Waals surface area contributed by atoms with Gasteiger partial charge in [0.1, 0.15) is 0 Å². The van der Waals surface area contributed by atoms with E-state index in [4.69, 9.17) is 10.0 Å². The highest BCUT2D eigenvalue weighted by Crippen LogP contribution is 2.51. The molecule has 0 aliphatic rings. The summed E-state index contributed by atoms with van der Waals surface area (Å²) in [5.74, 6) is 0. The number of hydrogen-bond acceptors (Lipinski definition) is 3. The van der Waals surface area contributed by atoms with Gasteiger partial charge in [-0.25, -0.2) is 0 Å². The molecule has 0 bridgehead atoms. The lowest BCUT2D eigenvalue weighted by atomic mass is 9.80. The maximum absolute atomic E-state index is 9.64. The van der Waals surface area contributed by atoms with Gasteiger partial charge in [0.15, 0.2) is 0 Å². The van der Waals surface area contributed by atoms with E-state index in [1.54, 1.807) is 0 Å². The molecule has 0 saturated carbocycles. The van der Waals surface area contributed by atoms with Gasteiger partial charge >= 0.3 is 7.12 Å². The van der Waals surface area contributed by atoms with Gasteiger partial charge in [0.25, 0.3) is 0 Å². The fourth-order valence-electron chi connectivity index (χ4n) is 3.21. The van der Waals surface area contributed by atoms with Crippen LogP contribution in [0, 0.1) is 11.3 Å². The molecule has 1 unspecified atom stereocenters. The molecule has 0 amide bonds. The van der Waals surface area contributed by atoms with E-state index in [9.17, 15) is 5.26 Å². The fourth-order valence-corrected chi connectivity index (χ4v) is 8.40. The van der Waals surface area contributed by atoms with Crippen molar-refractivity contribution in [1.29, 1.82) is 5.26 Å². The second-order valence-electron chi connectivity index (χ2n) is 4.91. The SMILES string of the molecule is CCC(C#N)(CCB(O)O)[Si](CC)(CC)CC. The molecular weight excluding hydrogens is 229 g/mol. The van der Waals surface area contributed by atoms with Gasteiger partial charge < -0.3 is 10.0 Å². The first-order chi connectivity index (χ1) is 7.97. The summed E-state index contributed by atoms with van der Waals surface area (Å²) in [5, 5.41) is 27.4. The van der Waals surface area contributed by atoms with Gasteiger partial charge in [0.05, 0.1) is 14.1 Å². The summed E-state index contributed by atoms with van der Waals surface area (Å²) in [6, 6.07) is 5.85. The van der Waals surface area contributed by atoms with Crippen LogP contribution >= 0.6 is 0 Å². The quantitative estimate of drug-likeness (QED) is 0.655. The minimum atomic E-state index is -1.65. The third-order valence-corrected chi connectivity index (χ3v) is 11.5. The summed E-state index contributed by atoms with van der Waals surface area (Å²) in [4.78, 5) is 0. The van der Waals surface area contributed by atoms with Gasteiger partial charge in [-0.15, -0.1) is 0 Å². The summed E-state index contributed by atoms with van der Waals surface area (Å²) in [5.41, 5.74) is 0. The maximum Gasteiger partial charge on any atom is 0.451 e. The van der Waals surface area contributed by atoms with E-state index >= 15 is 0 Å². The Morgan fingerprint density at radius 3 is 1.82 bits per heavy atom. The Hall–Kier alpha value is -0.308. The van der Waals surface area contributed by atoms with Crippen molar-refractivity contribution >= 4 is 15.2 Å². The second-order valence-corrected chi connectivity index (χ2v) is 10.5. The molecule has 17 heavy (non-hydrogen) atoms. The van der Waals surface area contributed by atoms with Crippen LogP contribution in [0.5, 0.6) is 0 Å². The molecule has 98 valence electrons. The summed E-state index contributed by atoms with van der Waals surface area (Å²) in [7, 11) is -2.93. The molecule has 0 rings (SSSR count). The lowest BCUT2D eigenvalue weighted by Gasteiger charge is -2.44. The summed E-state index contributed by atoms with van der Waals surface area (Å²) in [6.07, 6.45) is 1.77. The van der Waals surface area contributed by atoms with Crippen molar-refractivity contribution in [1.82, 2.24) is 0 Å². The molecule has 2 N–H and O–H groups in total. The Morgan fingerprint density at radius 1 is 1.12 bits per heavy atom. The molecule has 0 heterocycles. The Morgan fingerprint density at radius 2 is 1.59 bits per heavy atom. The van der Waals surface area contributed by atoms with E-state index in [0.29, 0.717) is 12.7 Å². The minimum absolute atomic E-state index is 0.297. The van der Waals surface area contributed by atoms with E-state index in [2.05, 4.69) is 33.8 Å². The Balaban J connectivity index is 5.22. The van der Waals surface area contributed by atoms with Gasteiger partial charge in [-0.3, -0.25) is 0 Å². The molecule has 1 atom stereocenters. The van der Waals surface area contributed by atoms with Crippen LogP contribution in [0.15, 0.2) is 0 Å². The third-order valence-electron chi connectivity index (χ3n) is 4.69. The van der Waals surface area contributed by atoms with E-state index in [-0.39, 0.29) is 5.04 Å². The van der Waals surface area contributed by atoms with Crippen LogP contribution in [0.2, 0.25) is 29.5 Å². The van der Waals surface area contributed by atoms with Crippen molar-refractivity contribution in [2.45, 2.75) is 70.0 Å². The van der Waals surface area contributed by atoms with Crippen LogP contribution in [0.25, 0.3) is 0 Å². The molecule has 0 spiro atoms. The van der Waals surface area contributed by atoms with Crippen molar-refractivity contribution in [3.05, 3.63) is 0 Å². The molecule has 0 radical (unpaired) electrons. The first kappa shape index (κ1) is 16.7. The first-order valence-corrected chi connectivity index (χ1v) is 9.37. The third kappa shape index (κ3) is 3.34. The van der Waals surface area contributed by atoms with Crippen LogP contribution in [-0.4, -0.2) is 25.2 Å². The zero-order valence-electron chi connectivity index (χ0n) is 11.7. The van der Waals surface area contributed by atoms with Gasteiger partial charge in [-0.1, -0.05) is 45.8 Å². The Kier molecular flexibility index (Phi) is 7.07. The Bertz CT molecular complexity index is 255. The second kappa shape index (κ2) is 7.20. The van der Waals surface area contributed by atoms with E-state index in [1.165, 1.54) is 0 Å². The smallest absolute Gasteiger partial charge is 0.427 e. The molecule has 0 saturated heterocycles. The lowest BCUT2D eigenvalue weighted by molar-refractivity contribution is 0.397. The Labute approximate surface area is 107 Å². The van der Waals surface area contributed by atoms with Crippen molar-refractivity contribution < 1.29 is 10.0 Å². The average Bonchev–Trinajstić information content (AvgIpc) is 2.35. The minimum Gasteiger partial charge on any atom is -0.427 e. The monoisotopic (exact) mass is 255 g/mol. The van der Waals surface area contributed by atoms with Gasteiger partial charge in [-0.05, 0) is 19.2 Å².